The van der Waals surface area contributed by atoms with Gasteiger partial charge in [0.15, 0.2) is 5.15 Å². The second kappa shape index (κ2) is 4.59. The number of hydrogen-bond donors (Lipinski definition) is 1. The number of carbonyl (C=O) groups excluding carboxylic acids is 1. The number of ether oxygens (including phenoxy) is 1. The predicted octanol–water partition coefficient (Wildman–Crippen LogP) is 1.85. The lowest BCUT2D eigenvalue weighted by atomic mass is 10.2. The van der Waals surface area contributed by atoms with E-state index in [1.165, 1.54) is 0 Å². The number of pyridine rings is 1. The van der Waals surface area contributed by atoms with Gasteiger partial charge < -0.3 is 10.1 Å². The molecule has 80 valence electrons. The van der Waals surface area contributed by atoms with Crippen LogP contribution in [-0.4, -0.2) is 23.6 Å². The van der Waals surface area contributed by atoms with Crippen LogP contribution in [-0.2, 0) is 9.53 Å². The van der Waals surface area contributed by atoms with Crippen molar-refractivity contribution in [3.63, 3.8) is 0 Å². The number of nitrogens with one attached hydrogen (secondary N) is 1. The number of nitrogens with zero attached hydrogens (tertiary/aromatic N) is 1. The topological polar surface area (TPSA) is 51.2 Å². The molecule has 1 aliphatic rings. The molecule has 15 heavy (non-hydrogen) atoms. The minimum atomic E-state index is -0.346. The maximum atomic E-state index is 11.6. The molecule has 0 aromatic carbocycles. The quantitative estimate of drug-likeness (QED) is 0.783. The molecule has 1 aromatic heterocycles. The Labute approximate surface area is 92.6 Å². The Kier molecular flexibility index (Phi) is 3.18. The molecule has 1 fully saturated rings. The highest BCUT2D eigenvalue weighted by atomic mass is 35.5. The first-order valence-corrected chi connectivity index (χ1v) is 5.18. The first-order valence-electron chi connectivity index (χ1n) is 4.80. The van der Waals surface area contributed by atoms with Crippen molar-refractivity contribution in [2.24, 2.45) is 0 Å². The van der Waals surface area contributed by atoms with Crippen molar-refractivity contribution < 1.29 is 9.53 Å². The molecule has 1 aliphatic heterocycles. The third kappa shape index (κ3) is 2.46. The lowest BCUT2D eigenvalue weighted by Gasteiger charge is -2.10. The lowest BCUT2D eigenvalue weighted by molar-refractivity contribution is -0.124. The first-order chi connectivity index (χ1) is 7.27. The van der Waals surface area contributed by atoms with Crippen LogP contribution in [0.1, 0.15) is 12.8 Å². The van der Waals surface area contributed by atoms with E-state index < -0.39 is 0 Å². The number of halogens is 1. The smallest absolute Gasteiger partial charge is 0.253 e. The summed E-state index contributed by atoms with van der Waals surface area (Å²) >= 11 is 5.81. The molecule has 4 nitrogen and oxygen atoms in total. The minimum absolute atomic E-state index is 0.151. The third-order valence-corrected chi connectivity index (χ3v) is 2.54. The summed E-state index contributed by atoms with van der Waals surface area (Å²) in [6.07, 6.45) is 2.92. The van der Waals surface area contributed by atoms with Gasteiger partial charge in [-0.15, -0.1) is 0 Å². The molecule has 1 unspecified atom stereocenters. The summed E-state index contributed by atoms with van der Waals surface area (Å²) in [5, 5.41) is 2.99. The van der Waals surface area contributed by atoms with Crippen molar-refractivity contribution in [2.45, 2.75) is 18.9 Å². The second-order valence-electron chi connectivity index (χ2n) is 3.33. The van der Waals surface area contributed by atoms with Crippen LogP contribution in [0.4, 0.5) is 5.69 Å². The van der Waals surface area contributed by atoms with Crippen molar-refractivity contribution in [1.29, 1.82) is 0 Å². The maximum absolute atomic E-state index is 11.6. The number of carbonyl (C=O) groups is 1. The summed E-state index contributed by atoms with van der Waals surface area (Å²) in [6.45, 7) is 0.652. The van der Waals surface area contributed by atoms with Gasteiger partial charge in [-0.2, -0.15) is 0 Å². The summed E-state index contributed by atoms with van der Waals surface area (Å²) in [6, 6.07) is 3.43. The van der Waals surface area contributed by atoms with Crippen molar-refractivity contribution in [3.8, 4) is 0 Å². The van der Waals surface area contributed by atoms with Gasteiger partial charge in [-0.1, -0.05) is 11.6 Å². The zero-order valence-electron chi connectivity index (χ0n) is 8.07. The summed E-state index contributed by atoms with van der Waals surface area (Å²) in [5.41, 5.74) is 0.527. The molecule has 0 aliphatic carbocycles. The van der Waals surface area contributed by atoms with Gasteiger partial charge >= 0.3 is 0 Å². The molecule has 2 rings (SSSR count). The van der Waals surface area contributed by atoms with E-state index >= 15 is 0 Å². The standard InChI is InChI=1S/C10H11ClN2O2/c11-9-7(3-1-5-12-9)13-10(14)8-4-2-6-15-8/h1,3,5,8H,2,4,6H2,(H,13,14). The number of anilines is 1. The zero-order chi connectivity index (χ0) is 10.7. The molecule has 1 saturated heterocycles. The Morgan fingerprint density at radius 3 is 3.20 bits per heavy atom. The third-order valence-electron chi connectivity index (χ3n) is 2.24. The van der Waals surface area contributed by atoms with E-state index in [0.717, 1.165) is 12.8 Å². The Balaban J connectivity index is 2.02. The maximum Gasteiger partial charge on any atom is 0.253 e. The van der Waals surface area contributed by atoms with Crippen LogP contribution in [0, 0.1) is 0 Å². The van der Waals surface area contributed by atoms with Gasteiger partial charge in [-0.3, -0.25) is 4.79 Å². The van der Waals surface area contributed by atoms with Crippen molar-refractivity contribution in [3.05, 3.63) is 23.5 Å². The van der Waals surface area contributed by atoms with Crippen LogP contribution >= 0.6 is 11.6 Å². The van der Waals surface area contributed by atoms with Crippen LogP contribution < -0.4 is 5.32 Å². The van der Waals surface area contributed by atoms with Gasteiger partial charge in [0.1, 0.15) is 6.10 Å². The Hall–Kier alpha value is -1.13. The first kappa shape index (κ1) is 10.4. The van der Waals surface area contributed by atoms with Crippen molar-refractivity contribution >= 4 is 23.2 Å². The Morgan fingerprint density at radius 1 is 1.67 bits per heavy atom. The van der Waals surface area contributed by atoms with E-state index in [9.17, 15) is 4.79 Å². The Bertz CT molecular complexity index is 364. The number of amides is 1. The van der Waals surface area contributed by atoms with Crippen LogP contribution in [0.2, 0.25) is 5.15 Å². The number of rotatable bonds is 2. The van der Waals surface area contributed by atoms with Gasteiger partial charge in [-0.05, 0) is 25.0 Å². The fourth-order valence-electron chi connectivity index (χ4n) is 1.48. The monoisotopic (exact) mass is 226 g/mol. The van der Waals surface area contributed by atoms with Crippen LogP contribution in [0.3, 0.4) is 0 Å². The number of aromatic nitrogens is 1. The molecule has 1 amide bonds. The molecule has 1 atom stereocenters. The summed E-state index contributed by atoms with van der Waals surface area (Å²) in [5.74, 6) is -0.151. The zero-order valence-corrected chi connectivity index (χ0v) is 8.83. The predicted molar refractivity (Wildman–Crippen MR) is 56.9 cm³/mol. The van der Waals surface area contributed by atoms with E-state index in [4.69, 9.17) is 16.3 Å². The average Bonchev–Trinajstić information content (AvgIpc) is 2.74. The fraction of sp³-hybridized carbons (Fsp3) is 0.400. The largest absolute Gasteiger partial charge is 0.368 e. The SMILES string of the molecule is O=C(Nc1cccnc1Cl)C1CCCO1. The molecule has 1 aromatic rings. The minimum Gasteiger partial charge on any atom is -0.368 e. The van der Waals surface area contributed by atoms with Crippen LogP contribution in [0.15, 0.2) is 18.3 Å². The molecular formula is C10H11ClN2O2. The number of hydrogen-bond acceptors (Lipinski definition) is 3. The molecule has 5 heteroatoms. The summed E-state index contributed by atoms with van der Waals surface area (Å²) in [7, 11) is 0. The molecule has 1 N–H and O–H groups in total. The highest BCUT2D eigenvalue weighted by Crippen LogP contribution is 2.19. The summed E-state index contributed by atoms with van der Waals surface area (Å²) in [4.78, 5) is 15.5. The van der Waals surface area contributed by atoms with Crippen molar-refractivity contribution in [1.82, 2.24) is 4.98 Å². The van der Waals surface area contributed by atoms with E-state index in [0.29, 0.717) is 17.4 Å². The van der Waals surface area contributed by atoms with E-state index in [1.54, 1.807) is 18.3 Å². The second-order valence-corrected chi connectivity index (χ2v) is 3.69. The van der Waals surface area contributed by atoms with Gasteiger partial charge in [0.2, 0.25) is 0 Å². The van der Waals surface area contributed by atoms with Crippen molar-refractivity contribution in [2.75, 3.05) is 11.9 Å². The summed E-state index contributed by atoms with van der Waals surface area (Å²) < 4.78 is 5.25. The molecule has 0 saturated carbocycles. The molecule has 0 bridgehead atoms. The van der Waals surface area contributed by atoms with Crippen LogP contribution in [0.25, 0.3) is 0 Å². The molecular weight excluding hydrogens is 216 g/mol. The fourth-order valence-corrected chi connectivity index (χ4v) is 1.64. The van der Waals surface area contributed by atoms with E-state index in [2.05, 4.69) is 10.3 Å². The van der Waals surface area contributed by atoms with Gasteiger partial charge in [0.25, 0.3) is 5.91 Å². The lowest BCUT2D eigenvalue weighted by Crippen LogP contribution is -2.27. The molecule has 0 spiro atoms. The van der Waals surface area contributed by atoms with Gasteiger partial charge in [0, 0.05) is 12.8 Å². The Morgan fingerprint density at radius 2 is 2.53 bits per heavy atom. The molecule has 0 radical (unpaired) electrons. The van der Waals surface area contributed by atoms with Gasteiger partial charge in [-0.25, -0.2) is 4.98 Å². The highest BCUT2D eigenvalue weighted by molar-refractivity contribution is 6.32. The normalized spacial score (nSPS) is 20.2. The molecule has 2 heterocycles. The van der Waals surface area contributed by atoms with Crippen LogP contribution in [0.5, 0.6) is 0 Å². The van der Waals surface area contributed by atoms with E-state index in [1.807, 2.05) is 0 Å². The van der Waals surface area contributed by atoms with E-state index in [-0.39, 0.29) is 12.0 Å². The average molecular weight is 227 g/mol. The highest BCUT2D eigenvalue weighted by Gasteiger charge is 2.23. The van der Waals surface area contributed by atoms with Gasteiger partial charge in [0.05, 0.1) is 5.69 Å².